The second kappa shape index (κ2) is 9.13. The molecule has 0 spiro atoms. The molecule has 0 saturated carbocycles. The smallest absolute Gasteiger partial charge is 0.127 e. The van der Waals surface area contributed by atoms with Gasteiger partial charge in [-0.3, -0.25) is 0 Å². The molecule has 4 nitrogen and oxygen atoms in total. The molecule has 0 atom stereocenters. The van der Waals surface area contributed by atoms with Crippen LogP contribution in [0.1, 0.15) is 36.1 Å². The Labute approximate surface area is 147 Å². The van der Waals surface area contributed by atoms with E-state index in [2.05, 4.69) is 0 Å². The van der Waals surface area contributed by atoms with Crippen LogP contribution in [0.4, 0.5) is 0 Å². The quantitative estimate of drug-likeness (QED) is 0.477. The van der Waals surface area contributed by atoms with Crippen molar-refractivity contribution < 1.29 is 27.3 Å². The minimum absolute atomic E-state index is 0. The molecule has 2 aromatic carbocycles. The van der Waals surface area contributed by atoms with Crippen molar-refractivity contribution in [1.82, 2.24) is 0 Å². The van der Waals surface area contributed by atoms with Crippen LogP contribution >= 0.6 is 0 Å². The Morgan fingerprint density at radius 3 is 1.26 bits per heavy atom. The van der Waals surface area contributed by atoms with Crippen LogP contribution in [0, 0.1) is 24.7 Å². The van der Waals surface area contributed by atoms with Crippen LogP contribution in [0.25, 0.3) is 0 Å². The minimum atomic E-state index is 0. The molecule has 0 aliphatic carbocycles. The zero-order valence-electron chi connectivity index (χ0n) is 13.7. The van der Waals surface area contributed by atoms with Gasteiger partial charge in [0, 0.05) is 39.6 Å². The minimum Gasteiger partial charge on any atom is -0.507 e. The molecule has 0 aromatic heterocycles. The van der Waals surface area contributed by atoms with Gasteiger partial charge in [0.1, 0.15) is 11.5 Å². The molecule has 0 aliphatic heterocycles. The first-order chi connectivity index (χ1) is 10.3. The number of aryl methyl sites for hydroxylation is 2. The van der Waals surface area contributed by atoms with Crippen molar-refractivity contribution >= 4 is 11.4 Å². The van der Waals surface area contributed by atoms with Gasteiger partial charge in [-0.15, -0.1) is 0 Å². The average molecular weight is 362 g/mol. The van der Waals surface area contributed by atoms with Gasteiger partial charge in [-0.2, -0.15) is 0 Å². The molecular formula is C18H22CuN2O2. The molecule has 0 fully saturated rings. The van der Waals surface area contributed by atoms with Crippen molar-refractivity contribution in [1.29, 1.82) is 10.8 Å². The van der Waals surface area contributed by atoms with Crippen molar-refractivity contribution in [2.24, 2.45) is 0 Å². The molecular weight excluding hydrogens is 340 g/mol. The standard InChI is InChI=1S/2C9H11NO.Cu/c2*1-6-4-3-5-8(7(2)10)9(6)11;/h2*3-5,10-11H,1-2H3;. The summed E-state index contributed by atoms with van der Waals surface area (Å²) in [6.07, 6.45) is 0. The Balaban J connectivity index is 0.000000403. The van der Waals surface area contributed by atoms with Crippen LogP contribution in [0.3, 0.4) is 0 Å². The number of hydrogen-bond donors (Lipinski definition) is 4. The molecule has 1 radical (unpaired) electrons. The Morgan fingerprint density at radius 2 is 1.04 bits per heavy atom. The first-order valence-electron chi connectivity index (χ1n) is 6.94. The van der Waals surface area contributed by atoms with Crippen LogP contribution in [-0.2, 0) is 17.1 Å². The van der Waals surface area contributed by atoms with E-state index < -0.39 is 0 Å². The number of phenols is 2. The zero-order valence-corrected chi connectivity index (χ0v) is 14.6. The maximum Gasteiger partial charge on any atom is 0.127 e. The van der Waals surface area contributed by atoms with Crippen molar-refractivity contribution in [3.63, 3.8) is 0 Å². The van der Waals surface area contributed by atoms with Gasteiger partial charge in [0.15, 0.2) is 0 Å². The summed E-state index contributed by atoms with van der Waals surface area (Å²) < 4.78 is 0. The van der Waals surface area contributed by atoms with E-state index in [1.807, 2.05) is 38.1 Å². The molecule has 0 unspecified atom stereocenters. The summed E-state index contributed by atoms with van der Waals surface area (Å²) >= 11 is 0. The zero-order chi connectivity index (χ0) is 16.9. The fourth-order valence-electron chi connectivity index (χ4n) is 1.92. The van der Waals surface area contributed by atoms with Crippen LogP contribution in [-0.4, -0.2) is 21.6 Å². The largest absolute Gasteiger partial charge is 0.507 e. The van der Waals surface area contributed by atoms with Crippen LogP contribution < -0.4 is 0 Å². The van der Waals surface area contributed by atoms with Crippen molar-refractivity contribution in [3.8, 4) is 11.5 Å². The van der Waals surface area contributed by atoms with Crippen LogP contribution in [0.5, 0.6) is 11.5 Å². The van der Waals surface area contributed by atoms with E-state index in [-0.39, 0.29) is 28.6 Å². The average Bonchev–Trinajstić information content (AvgIpc) is 2.45. The second-order valence-electron chi connectivity index (χ2n) is 5.19. The second-order valence-corrected chi connectivity index (χ2v) is 5.19. The topological polar surface area (TPSA) is 88.2 Å². The summed E-state index contributed by atoms with van der Waals surface area (Å²) in [4.78, 5) is 0. The third kappa shape index (κ3) is 5.55. The molecule has 0 heterocycles. The van der Waals surface area contributed by atoms with E-state index in [1.165, 1.54) is 0 Å². The molecule has 2 rings (SSSR count). The van der Waals surface area contributed by atoms with E-state index in [4.69, 9.17) is 10.8 Å². The molecule has 0 aliphatic rings. The Morgan fingerprint density at radius 1 is 0.739 bits per heavy atom. The van der Waals surface area contributed by atoms with E-state index >= 15 is 0 Å². The predicted octanol–water partition coefficient (Wildman–Crippen LogP) is 4.17. The molecule has 4 N–H and O–H groups in total. The third-order valence-electron chi connectivity index (χ3n) is 3.28. The number of phenolic OH excluding ortho intramolecular Hbond substituents is 2. The molecule has 127 valence electrons. The van der Waals surface area contributed by atoms with Gasteiger partial charge in [0.05, 0.1) is 0 Å². The third-order valence-corrected chi connectivity index (χ3v) is 3.28. The van der Waals surface area contributed by atoms with Gasteiger partial charge >= 0.3 is 0 Å². The van der Waals surface area contributed by atoms with Gasteiger partial charge in [-0.25, -0.2) is 0 Å². The number of hydrogen-bond acceptors (Lipinski definition) is 4. The first-order valence-corrected chi connectivity index (χ1v) is 6.94. The van der Waals surface area contributed by atoms with Crippen molar-refractivity contribution in [2.45, 2.75) is 27.7 Å². The molecule has 0 saturated heterocycles. The van der Waals surface area contributed by atoms with Gasteiger partial charge in [0.2, 0.25) is 0 Å². The molecule has 5 heteroatoms. The summed E-state index contributed by atoms with van der Waals surface area (Å²) in [5.41, 5.74) is 3.65. The van der Waals surface area contributed by atoms with Crippen LogP contribution in [0.2, 0.25) is 0 Å². The maximum atomic E-state index is 9.43. The van der Waals surface area contributed by atoms with Gasteiger partial charge in [-0.05, 0) is 51.0 Å². The number of para-hydroxylation sites is 2. The first kappa shape index (κ1) is 20.9. The number of rotatable bonds is 2. The van der Waals surface area contributed by atoms with Gasteiger partial charge < -0.3 is 21.0 Å². The van der Waals surface area contributed by atoms with E-state index in [0.29, 0.717) is 22.6 Å². The summed E-state index contributed by atoms with van der Waals surface area (Å²) in [5, 5.41) is 33.5. The van der Waals surface area contributed by atoms with Gasteiger partial charge in [-0.1, -0.05) is 24.3 Å². The normalized spacial score (nSPS) is 9.22. The van der Waals surface area contributed by atoms with Crippen LogP contribution in [0.15, 0.2) is 36.4 Å². The van der Waals surface area contributed by atoms with E-state index in [0.717, 1.165) is 11.1 Å². The summed E-state index contributed by atoms with van der Waals surface area (Å²) in [6, 6.07) is 10.8. The van der Waals surface area contributed by atoms with Crippen molar-refractivity contribution in [3.05, 3.63) is 58.7 Å². The van der Waals surface area contributed by atoms with Gasteiger partial charge in [0.25, 0.3) is 0 Å². The van der Waals surface area contributed by atoms with Crippen molar-refractivity contribution in [2.75, 3.05) is 0 Å². The fraction of sp³-hybridized carbons (Fsp3) is 0.222. The Hall–Kier alpha value is -2.10. The maximum absolute atomic E-state index is 9.43. The SMILES string of the molecule is CC(=N)c1cccc(C)c1O.CC(=N)c1cccc(C)c1O.[Cu]. The summed E-state index contributed by atoms with van der Waals surface area (Å²) in [5.74, 6) is 0.444. The molecule has 0 amide bonds. The number of nitrogens with one attached hydrogen (secondary N) is 2. The monoisotopic (exact) mass is 361 g/mol. The fourth-order valence-corrected chi connectivity index (χ4v) is 1.92. The Kier molecular flexibility index (Phi) is 8.30. The number of benzene rings is 2. The Bertz CT molecular complexity index is 651. The molecule has 0 bridgehead atoms. The summed E-state index contributed by atoms with van der Waals surface area (Å²) in [6.45, 7) is 6.96. The molecule has 2 aromatic rings. The molecule has 23 heavy (non-hydrogen) atoms. The van der Waals surface area contributed by atoms with E-state index in [1.54, 1.807) is 26.0 Å². The summed E-state index contributed by atoms with van der Waals surface area (Å²) in [7, 11) is 0. The number of aromatic hydroxyl groups is 2. The van der Waals surface area contributed by atoms with E-state index in [9.17, 15) is 10.2 Å². The predicted molar refractivity (Wildman–Crippen MR) is 90.7 cm³/mol.